The maximum atomic E-state index is 8.89. The van der Waals surface area contributed by atoms with Crippen molar-refractivity contribution in [3.63, 3.8) is 0 Å². The standard InChI is InChI=1S/C28H29N5/c1-3-19-12-11-18(2)22(16-19)21-13-14-24(30)23(17-21)26(31)28-32-25-10-7-9-20(27(25)33-28)8-5-4-6-15-29/h4-5,7,9-17,29,31H,3,6,8,30H2,1-2H3,(H,32,33)/b5-4-,29-15?,31-26?. The predicted molar refractivity (Wildman–Crippen MR) is 139 cm³/mol. The van der Waals surface area contributed by atoms with Crippen LogP contribution in [0.3, 0.4) is 0 Å². The van der Waals surface area contributed by atoms with Crippen LogP contribution in [0.4, 0.5) is 5.69 Å². The third-order valence-electron chi connectivity index (χ3n) is 5.94. The van der Waals surface area contributed by atoms with Gasteiger partial charge in [0, 0.05) is 11.3 Å². The lowest BCUT2D eigenvalue weighted by Gasteiger charge is -2.12. The lowest BCUT2D eigenvalue weighted by atomic mass is 9.94. The highest BCUT2D eigenvalue weighted by Gasteiger charge is 2.16. The van der Waals surface area contributed by atoms with Crippen molar-refractivity contribution >= 4 is 28.6 Å². The number of rotatable bonds is 8. The minimum atomic E-state index is 0.278. The van der Waals surface area contributed by atoms with Gasteiger partial charge in [-0.25, -0.2) is 4.98 Å². The fourth-order valence-electron chi connectivity index (χ4n) is 4.02. The number of anilines is 1. The summed E-state index contributed by atoms with van der Waals surface area (Å²) in [5.41, 5.74) is 15.3. The van der Waals surface area contributed by atoms with Crippen molar-refractivity contribution in [3.8, 4) is 11.1 Å². The van der Waals surface area contributed by atoms with Crippen molar-refractivity contribution in [2.24, 2.45) is 0 Å². The van der Waals surface area contributed by atoms with Gasteiger partial charge in [-0.2, -0.15) is 0 Å². The van der Waals surface area contributed by atoms with E-state index in [0.717, 1.165) is 40.6 Å². The number of nitrogens with one attached hydrogen (secondary N) is 3. The summed E-state index contributed by atoms with van der Waals surface area (Å²) in [6.45, 7) is 4.26. The van der Waals surface area contributed by atoms with Crippen molar-refractivity contribution in [1.82, 2.24) is 9.97 Å². The molecule has 5 heteroatoms. The Morgan fingerprint density at radius 3 is 2.73 bits per heavy atom. The first-order chi connectivity index (χ1) is 16.0. The van der Waals surface area contributed by atoms with E-state index in [4.69, 9.17) is 21.5 Å². The average Bonchev–Trinajstić information content (AvgIpc) is 3.27. The van der Waals surface area contributed by atoms with Crippen LogP contribution in [0, 0.1) is 17.7 Å². The van der Waals surface area contributed by atoms with Gasteiger partial charge in [-0.1, -0.05) is 55.5 Å². The van der Waals surface area contributed by atoms with E-state index >= 15 is 0 Å². The molecule has 5 N–H and O–H groups in total. The fraction of sp³-hybridized carbons (Fsp3) is 0.179. The number of fused-ring (bicyclic) bond motifs is 1. The van der Waals surface area contributed by atoms with E-state index < -0.39 is 0 Å². The van der Waals surface area contributed by atoms with Crippen molar-refractivity contribution < 1.29 is 0 Å². The highest BCUT2D eigenvalue weighted by molar-refractivity contribution is 6.13. The first-order valence-corrected chi connectivity index (χ1v) is 11.2. The summed E-state index contributed by atoms with van der Waals surface area (Å²) in [4.78, 5) is 8.06. The second-order valence-corrected chi connectivity index (χ2v) is 8.19. The van der Waals surface area contributed by atoms with E-state index in [-0.39, 0.29) is 5.71 Å². The van der Waals surface area contributed by atoms with Crippen molar-refractivity contribution in [3.05, 3.63) is 94.8 Å². The number of nitrogen functional groups attached to an aromatic ring is 1. The molecule has 0 bridgehead atoms. The van der Waals surface area contributed by atoms with Gasteiger partial charge in [0.05, 0.1) is 11.0 Å². The molecule has 0 aliphatic heterocycles. The lowest BCUT2D eigenvalue weighted by Crippen LogP contribution is -2.07. The summed E-state index contributed by atoms with van der Waals surface area (Å²) >= 11 is 0. The number of aromatic amines is 1. The molecule has 0 saturated carbocycles. The monoisotopic (exact) mass is 435 g/mol. The van der Waals surface area contributed by atoms with Crippen LogP contribution < -0.4 is 5.73 Å². The molecule has 3 aromatic carbocycles. The normalized spacial score (nSPS) is 11.3. The molecule has 0 saturated heterocycles. The molecule has 0 amide bonds. The molecule has 0 spiro atoms. The van der Waals surface area contributed by atoms with E-state index in [0.29, 0.717) is 23.5 Å². The Morgan fingerprint density at radius 1 is 1.09 bits per heavy atom. The molecule has 4 rings (SSSR count). The number of imidazole rings is 1. The summed E-state index contributed by atoms with van der Waals surface area (Å²) in [5.74, 6) is 0.504. The van der Waals surface area contributed by atoms with Crippen LogP contribution in [0.2, 0.25) is 0 Å². The smallest absolute Gasteiger partial charge is 0.157 e. The predicted octanol–water partition coefficient (Wildman–Crippen LogP) is 6.24. The number of hydrogen-bond donors (Lipinski definition) is 4. The first-order valence-electron chi connectivity index (χ1n) is 11.2. The Hall–Kier alpha value is -3.99. The third-order valence-corrected chi connectivity index (χ3v) is 5.94. The van der Waals surface area contributed by atoms with Crippen LogP contribution in [0.5, 0.6) is 0 Å². The van der Waals surface area contributed by atoms with Gasteiger partial charge in [0.2, 0.25) is 0 Å². The molecular formula is C28H29N5. The summed E-state index contributed by atoms with van der Waals surface area (Å²) < 4.78 is 0. The molecule has 0 aliphatic rings. The van der Waals surface area contributed by atoms with Crippen LogP contribution in [-0.2, 0) is 12.8 Å². The Balaban J connectivity index is 1.71. The molecule has 166 valence electrons. The van der Waals surface area contributed by atoms with Gasteiger partial charge < -0.3 is 16.1 Å². The second-order valence-electron chi connectivity index (χ2n) is 8.19. The van der Waals surface area contributed by atoms with Crippen LogP contribution in [0.1, 0.15) is 41.4 Å². The second kappa shape index (κ2) is 9.65. The van der Waals surface area contributed by atoms with Crippen LogP contribution in [-0.4, -0.2) is 21.9 Å². The number of aryl methyl sites for hydroxylation is 2. The van der Waals surface area contributed by atoms with Crippen LogP contribution >= 0.6 is 0 Å². The number of hydrogen-bond acceptors (Lipinski definition) is 4. The number of para-hydroxylation sites is 1. The Bertz CT molecular complexity index is 1360. The fourth-order valence-corrected chi connectivity index (χ4v) is 4.02. The topological polar surface area (TPSA) is 102 Å². The highest BCUT2D eigenvalue weighted by atomic mass is 14.9. The average molecular weight is 436 g/mol. The number of H-pyrrole nitrogens is 1. The van der Waals surface area contributed by atoms with Gasteiger partial charge >= 0.3 is 0 Å². The first kappa shape index (κ1) is 22.2. The Labute approximate surface area is 194 Å². The highest BCUT2D eigenvalue weighted by Crippen LogP contribution is 2.29. The Morgan fingerprint density at radius 2 is 1.94 bits per heavy atom. The Kier molecular flexibility index (Phi) is 6.50. The van der Waals surface area contributed by atoms with E-state index in [1.54, 1.807) is 0 Å². The summed E-state index contributed by atoms with van der Waals surface area (Å²) in [6.07, 6.45) is 7.74. The van der Waals surface area contributed by atoms with Gasteiger partial charge in [0.25, 0.3) is 0 Å². The van der Waals surface area contributed by atoms with Crippen LogP contribution in [0.25, 0.3) is 22.2 Å². The summed E-state index contributed by atoms with van der Waals surface area (Å²) in [6, 6.07) is 18.4. The van der Waals surface area contributed by atoms with E-state index in [1.807, 2.05) is 48.6 Å². The minimum absolute atomic E-state index is 0.278. The molecule has 1 aromatic heterocycles. The molecule has 0 radical (unpaired) electrons. The number of allylic oxidation sites excluding steroid dienone is 2. The molecule has 0 atom stereocenters. The molecule has 0 fully saturated rings. The zero-order chi connectivity index (χ0) is 23.4. The van der Waals surface area contributed by atoms with Crippen molar-refractivity contribution in [2.75, 3.05) is 5.73 Å². The van der Waals surface area contributed by atoms with E-state index in [2.05, 4.69) is 37.0 Å². The molecular weight excluding hydrogens is 406 g/mol. The molecule has 0 unspecified atom stereocenters. The SMILES string of the molecule is CCc1ccc(C)c(-c2ccc(N)c(C(=N)c3nc4c(C/C=C\CC=N)cccc4[nH]3)c2)c1. The van der Waals surface area contributed by atoms with Gasteiger partial charge in [-0.05, 0) is 78.4 Å². The van der Waals surface area contributed by atoms with Gasteiger partial charge in [-0.15, -0.1) is 0 Å². The number of benzene rings is 3. The lowest BCUT2D eigenvalue weighted by molar-refractivity contribution is 1.14. The molecule has 0 aliphatic carbocycles. The number of nitrogens with zero attached hydrogens (tertiary/aromatic N) is 1. The minimum Gasteiger partial charge on any atom is -0.398 e. The van der Waals surface area contributed by atoms with E-state index in [1.165, 1.54) is 17.3 Å². The molecule has 5 nitrogen and oxygen atoms in total. The van der Waals surface area contributed by atoms with Crippen molar-refractivity contribution in [2.45, 2.75) is 33.1 Å². The number of nitrogens with two attached hydrogens (primary N) is 1. The zero-order valence-corrected chi connectivity index (χ0v) is 19.1. The maximum Gasteiger partial charge on any atom is 0.157 e. The van der Waals surface area contributed by atoms with Gasteiger partial charge in [0.1, 0.15) is 5.71 Å². The van der Waals surface area contributed by atoms with Gasteiger partial charge in [0.15, 0.2) is 5.82 Å². The summed E-state index contributed by atoms with van der Waals surface area (Å²) in [5, 5.41) is 16.0. The maximum absolute atomic E-state index is 8.89. The largest absolute Gasteiger partial charge is 0.398 e. The van der Waals surface area contributed by atoms with Gasteiger partial charge in [-0.3, -0.25) is 5.41 Å². The van der Waals surface area contributed by atoms with Crippen LogP contribution in [0.15, 0.2) is 66.7 Å². The van der Waals surface area contributed by atoms with Crippen molar-refractivity contribution in [1.29, 1.82) is 10.8 Å². The summed E-state index contributed by atoms with van der Waals surface area (Å²) in [7, 11) is 0. The van der Waals surface area contributed by atoms with E-state index in [9.17, 15) is 0 Å². The quantitative estimate of drug-likeness (QED) is 0.150. The molecule has 33 heavy (non-hydrogen) atoms. The zero-order valence-electron chi connectivity index (χ0n) is 19.1. The number of aromatic nitrogens is 2. The molecule has 1 heterocycles. The molecule has 4 aromatic rings. The third kappa shape index (κ3) is 4.62.